The van der Waals surface area contributed by atoms with Crippen LogP contribution in [-0.2, 0) is 12.8 Å². The normalized spacial score (nSPS) is 13.5. The van der Waals surface area contributed by atoms with Crippen molar-refractivity contribution < 1.29 is 0 Å². The number of anilines is 1. The quantitative estimate of drug-likeness (QED) is 0.596. The molecular formula is C21H14N6. The minimum absolute atomic E-state index is 0.0716. The van der Waals surface area contributed by atoms with Crippen molar-refractivity contribution in [1.82, 2.24) is 0 Å². The highest BCUT2D eigenvalue weighted by molar-refractivity contribution is 5.92. The summed E-state index contributed by atoms with van der Waals surface area (Å²) in [5, 5.41) is 46.8. The minimum atomic E-state index is -0.400. The second-order valence-corrected chi connectivity index (χ2v) is 6.40. The lowest BCUT2D eigenvalue weighted by Crippen LogP contribution is -2.34. The zero-order valence-corrected chi connectivity index (χ0v) is 14.6. The number of nitriles is 5. The number of allylic oxidation sites excluding steroid dienone is 4. The van der Waals surface area contributed by atoms with Crippen LogP contribution in [0.15, 0.2) is 28.9 Å². The molecule has 1 aromatic carbocycles. The Hall–Kier alpha value is -4.05. The number of nitrogens with zero attached hydrogens (tertiary/aromatic N) is 6. The molecule has 0 saturated carbocycles. The molecular weight excluding hydrogens is 336 g/mol. The first-order valence-corrected chi connectivity index (χ1v) is 8.59. The van der Waals surface area contributed by atoms with Crippen LogP contribution in [0.25, 0.3) is 5.57 Å². The molecule has 0 atom stereocenters. The van der Waals surface area contributed by atoms with E-state index in [9.17, 15) is 26.3 Å². The molecule has 0 N–H and O–H groups in total. The van der Waals surface area contributed by atoms with Crippen LogP contribution in [0.2, 0.25) is 0 Å². The number of aryl methyl sites for hydroxylation is 2. The van der Waals surface area contributed by atoms with E-state index in [0.717, 1.165) is 49.9 Å². The molecule has 2 heterocycles. The van der Waals surface area contributed by atoms with Crippen molar-refractivity contribution in [1.29, 1.82) is 26.3 Å². The van der Waals surface area contributed by atoms with Gasteiger partial charge in [-0.25, -0.2) is 0 Å². The van der Waals surface area contributed by atoms with E-state index in [0.29, 0.717) is 5.56 Å². The Morgan fingerprint density at radius 3 is 1.70 bits per heavy atom. The third-order valence-corrected chi connectivity index (χ3v) is 4.93. The summed E-state index contributed by atoms with van der Waals surface area (Å²) in [6, 6.07) is 12.7. The maximum atomic E-state index is 9.58. The predicted molar refractivity (Wildman–Crippen MR) is 97.3 cm³/mol. The van der Waals surface area contributed by atoms with Gasteiger partial charge < -0.3 is 4.90 Å². The molecule has 1 aromatic rings. The molecule has 0 aromatic heterocycles. The molecule has 3 rings (SSSR count). The van der Waals surface area contributed by atoms with Crippen molar-refractivity contribution >= 4 is 11.3 Å². The summed E-state index contributed by atoms with van der Waals surface area (Å²) in [6.45, 7) is 2.03. The maximum absolute atomic E-state index is 9.58. The summed E-state index contributed by atoms with van der Waals surface area (Å²) in [6.07, 6.45) is 3.79. The highest BCUT2D eigenvalue weighted by Gasteiger charge is 2.27. The first kappa shape index (κ1) is 17.8. The SMILES string of the molecule is N#CC(C#N)=C(C#N)C(=C(C#N)C#N)c1cc2c3c(c1)CCCN3CCC2. The van der Waals surface area contributed by atoms with E-state index in [1.54, 1.807) is 12.1 Å². The van der Waals surface area contributed by atoms with Gasteiger partial charge in [0.25, 0.3) is 0 Å². The van der Waals surface area contributed by atoms with E-state index in [1.807, 2.05) is 30.3 Å². The second-order valence-electron chi connectivity index (χ2n) is 6.40. The fourth-order valence-electron chi connectivity index (χ4n) is 3.87. The van der Waals surface area contributed by atoms with Gasteiger partial charge in [-0.1, -0.05) is 0 Å². The largest absolute Gasteiger partial charge is 0.371 e. The molecule has 0 unspecified atom stereocenters. The average molecular weight is 350 g/mol. The third kappa shape index (κ3) is 3.00. The second kappa shape index (κ2) is 7.45. The summed E-state index contributed by atoms with van der Waals surface area (Å²) < 4.78 is 0. The van der Waals surface area contributed by atoms with Crippen LogP contribution in [0.5, 0.6) is 0 Å². The molecule has 2 aliphatic rings. The summed E-state index contributed by atoms with van der Waals surface area (Å²) in [4.78, 5) is 2.36. The lowest BCUT2D eigenvalue weighted by Gasteiger charge is -2.37. The van der Waals surface area contributed by atoms with Gasteiger partial charge in [-0.15, -0.1) is 0 Å². The van der Waals surface area contributed by atoms with Gasteiger partial charge in [-0.2, -0.15) is 26.3 Å². The van der Waals surface area contributed by atoms with E-state index >= 15 is 0 Å². The highest BCUT2D eigenvalue weighted by Crippen LogP contribution is 2.39. The fraction of sp³-hybridized carbons (Fsp3) is 0.286. The van der Waals surface area contributed by atoms with Gasteiger partial charge in [0.05, 0.1) is 5.57 Å². The van der Waals surface area contributed by atoms with Gasteiger partial charge in [-0.3, -0.25) is 0 Å². The van der Waals surface area contributed by atoms with Crippen LogP contribution < -0.4 is 4.90 Å². The van der Waals surface area contributed by atoms with E-state index in [-0.39, 0.29) is 16.7 Å². The van der Waals surface area contributed by atoms with Gasteiger partial charge in [0, 0.05) is 24.4 Å². The number of hydrogen-bond donors (Lipinski definition) is 0. The summed E-state index contributed by atoms with van der Waals surface area (Å²) in [7, 11) is 0. The van der Waals surface area contributed by atoms with E-state index in [1.165, 1.54) is 5.69 Å². The van der Waals surface area contributed by atoms with Crippen LogP contribution in [0.1, 0.15) is 29.5 Å². The van der Waals surface area contributed by atoms with Crippen molar-refractivity contribution in [2.45, 2.75) is 25.7 Å². The molecule has 0 spiro atoms. The Morgan fingerprint density at radius 1 is 0.741 bits per heavy atom. The predicted octanol–water partition coefficient (Wildman–Crippen LogP) is 3.05. The summed E-state index contributed by atoms with van der Waals surface area (Å²) >= 11 is 0. The van der Waals surface area contributed by atoms with Crippen molar-refractivity contribution in [3.8, 4) is 30.3 Å². The first-order valence-electron chi connectivity index (χ1n) is 8.59. The molecule has 0 amide bonds. The monoisotopic (exact) mass is 350 g/mol. The molecule has 0 fully saturated rings. The minimum Gasteiger partial charge on any atom is -0.371 e. The van der Waals surface area contributed by atoms with Crippen molar-refractivity contribution in [2.75, 3.05) is 18.0 Å². The Bertz CT molecular complexity index is 1020. The molecule has 27 heavy (non-hydrogen) atoms. The topological polar surface area (TPSA) is 122 Å². The van der Waals surface area contributed by atoms with Gasteiger partial charge in [0.15, 0.2) is 0 Å². The van der Waals surface area contributed by atoms with E-state index < -0.39 is 5.57 Å². The van der Waals surface area contributed by atoms with Crippen molar-refractivity contribution in [3.63, 3.8) is 0 Å². The highest BCUT2D eigenvalue weighted by atomic mass is 15.1. The van der Waals surface area contributed by atoms with Crippen molar-refractivity contribution in [2.24, 2.45) is 0 Å². The van der Waals surface area contributed by atoms with Gasteiger partial charge in [0.1, 0.15) is 41.5 Å². The maximum Gasteiger partial charge on any atom is 0.148 e. The van der Waals surface area contributed by atoms with Crippen LogP contribution >= 0.6 is 0 Å². The van der Waals surface area contributed by atoms with Crippen LogP contribution in [0, 0.1) is 56.7 Å². The number of benzene rings is 1. The zero-order chi connectivity index (χ0) is 19.4. The van der Waals surface area contributed by atoms with Gasteiger partial charge in [-0.05, 0) is 54.5 Å². The summed E-state index contributed by atoms with van der Waals surface area (Å²) in [5.41, 5.74) is 3.17. The third-order valence-electron chi connectivity index (χ3n) is 4.93. The molecule has 2 aliphatic heterocycles. The lowest BCUT2D eigenvalue weighted by atomic mass is 9.85. The smallest absolute Gasteiger partial charge is 0.148 e. The van der Waals surface area contributed by atoms with Crippen LogP contribution in [0.4, 0.5) is 5.69 Å². The molecule has 0 saturated heterocycles. The number of hydrogen-bond acceptors (Lipinski definition) is 6. The van der Waals surface area contributed by atoms with Crippen LogP contribution in [0.3, 0.4) is 0 Å². The van der Waals surface area contributed by atoms with Gasteiger partial charge in [0.2, 0.25) is 0 Å². The molecule has 0 bridgehead atoms. The van der Waals surface area contributed by atoms with E-state index in [2.05, 4.69) is 4.90 Å². The average Bonchev–Trinajstić information content (AvgIpc) is 2.71. The van der Waals surface area contributed by atoms with Crippen LogP contribution in [-0.4, -0.2) is 13.1 Å². The Kier molecular flexibility index (Phi) is 4.90. The molecule has 6 nitrogen and oxygen atoms in total. The molecule has 128 valence electrons. The van der Waals surface area contributed by atoms with E-state index in [4.69, 9.17) is 0 Å². The fourth-order valence-corrected chi connectivity index (χ4v) is 3.87. The number of rotatable bonds is 2. The Labute approximate surface area is 157 Å². The molecule has 0 aliphatic carbocycles. The van der Waals surface area contributed by atoms with Crippen molar-refractivity contribution in [3.05, 3.63) is 45.5 Å². The standard InChI is InChI=1S/C21H14N6/c22-9-17(10-23)19(13-26)20(18(11-24)12-25)16-7-14-3-1-5-27-6-2-4-15(8-16)21(14)27/h7-8H,1-6H2. The molecule has 6 heteroatoms. The molecule has 0 radical (unpaired) electrons. The lowest BCUT2D eigenvalue weighted by molar-refractivity contribution is 0.634. The van der Waals surface area contributed by atoms with Gasteiger partial charge >= 0.3 is 0 Å². The zero-order valence-electron chi connectivity index (χ0n) is 14.6. The summed E-state index contributed by atoms with van der Waals surface area (Å²) in [5.74, 6) is 0. The Morgan fingerprint density at radius 2 is 1.26 bits per heavy atom. The first-order chi connectivity index (χ1) is 13.2. The Balaban J connectivity index is 2.34.